The van der Waals surface area contributed by atoms with E-state index in [1.165, 1.54) is 0 Å². The van der Waals surface area contributed by atoms with Crippen molar-refractivity contribution in [2.24, 2.45) is 0 Å². The van der Waals surface area contributed by atoms with Crippen molar-refractivity contribution >= 4 is 28.3 Å². The first-order valence-electron chi connectivity index (χ1n) is 9.46. The molecule has 0 radical (unpaired) electrons. The van der Waals surface area contributed by atoms with Crippen LogP contribution in [0.15, 0.2) is 97.1 Å². The Balaban J connectivity index is 1.30. The number of carbonyl (C=O) groups is 2. The van der Waals surface area contributed by atoms with Crippen LogP contribution in [-0.2, 0) is 9.53 Å². The van der Waals surface area contributed by atoms with Gasteiger partial charge in [0.25, 0.3) is 5.91 Å². The summed E-state index contributed by atoms with van der Waals surface area (Å²) in [6.45, 7) is -0.367. The smallest absolute Gasteiger partial charge is 0.338 e. The molecule has 1 amide bonds. The molecule has 4 rings (SSSR count). The summed E-state index contributed by atoms with van der Waals surface area (Å²) in [7, 11) is 0. The van der Waals surface area contributed by atoms with E-state index in [0.717, 1.165) is 10.8 Å². The van der Waals surface area contributed by atoms with Crippen LogP contribution in [0.4, 0.5) is 5.69 Å². The van der Waals surface area contributed by atoms with E-state index in [9.17, 15) is 9.59 Å². The molecule has 0 saturated heterocycles. The number of esters is 1. The topological polar surface area (TPSA) is 64.6 Å². The lowest BCUT2D eigenvalue weighted by Crippen LogP contribution is -2.20. The third-order valence-corrected chi connectivity index (χ3v) is 4.44. The zero-order valence-electron chi connectivity index (χ0n) is 16.1. The van der Waals surface area contributed by atoms with E-state index in [1.807, 2.05) is 72.8 Å². The largest absolute Gasteiger partial charge is 0.457 e. The quantitative estimate of drug-likeness (QED) is 0.441. The van der Waals surface area contributed by atoms with Gasteiger partial charge in [-0.15, -0.1) is 0 Å². The van der Waals surface area contributed by atoms with E-state index in [4.69, 9.17) is 9.47 Å². The Morgan fingerprint density at radius 3 is 2.13 bits per heavy atom. The van der Waals surface area contributed by atoms with Gasteiger partial charge < -0.3 is 14.8 Å². The van der Waals surface area contributed by atoms with Crippen LogP contribution < -0.4 is 10.1 Å². The van der Waals surface area contributed by atoms with E-state index in [-0.39, 0.29) is 6.61 Å². The summed E-state index contributed by atoms with van der Waals surface area (Å²) >= 11 is 0. The molecule has 5 heteroatoms. The first-order valence-corrected chi connectivity index (χ1v) is 9.46. The molecule has 30 heavy (non-hydrogen) atoms. The molecule has 5 nitrogen and oxygen atoms in total. The van der Waals surface area contributed by atoms with Crippen molar-refractivity contribution in [1.29, 1.82) is 0 Å². The van der Waals surface area contributed by atoms with E-state index >= 15 is 0 Å². The molecule has 0 heterocycles. The fourth-order valence-corrected chi connectivity index (χ4v) is 2.96. The summed E-state index contributed by atoms with van der Waals surface area (Å²) in [5.74, 6) is 0.336. The number of ether oxygens (including phenoxy) is 2. The van der Waals surface area contributed by atoms with Gasteiger partial charge in [-0.2, -0.15) is 0 Å². The molecule has 0 bridgehead atoms. The van der Waals surface area contributed by atoms with E-state index in [0.29, 0.717) is 22.7 Å². The predicted molar refractivity (Wildman–Crippen MR) is 116 cm³/mol. The van der Waals surface area contributed by atoms with E-state index < -0.39 is 11.9 Å². The first kappa shape index (κ1) is 19.2. The normalized spacial score (nSPS) is 10.4. The summed E-state index contributed by atoms with van der Waals surface area (Å²) < 4.78 is 10.8. The number of hydrogen-bond acceptors (Lipinski definition) is 4. The van der Waals surface area contributed by atoms with Gasteiger partial charge in [0.05, 0.1) is 5.56 Å². The molecule has 0 fully saturated rings. The fourth-order valence-electron chi connectivity index (χ4n) is 2.96. The Hall–Kier alpha value is -4.12. The number of carbonyl (C=O) groups excluding carboxylic acids is 2. The summed E-state index contributed by atoms with van der Waals surface area (Å²) in [5.41, 5.74) is 0.992. The molecule has 4 aromatic rings. The van der Waals surface area contributed by atoms with Gasteiger partial charge in [-0.25, -0.2) is 4.79 Å². The summed E-state index contributed by atoms with van der Waals surface area (Å²) in [6.07, 6.45) is 0. The second kappa shape index (κ2) is 8.92. The third-order valence-electron chi connectivity index (χ3n) is 4.44. The molecular weight excluding hydrogens is 378 g/mol. The lowest BCUT2D eigenvalue weighted by atomic mass is 10.1. The number of para-hydroxylation sites is 1. The lowest BCUT2D eigenvalue weighted by Gasteiger charge is -2.09. The maximum atomic E-state index is 12.2. The van der Waals surface area contributed by atoms with Gasteiger partial charge in [0.15, 0.2) is 6.61 Å². The molecule has 0 aromatic heterocycles. The van der Waals surface area contributed by atoms with Crippen molar-refractivity contribution in [3.8, 4) is 11.5 Å². The molecule has 148 valence electrons. The minimum Gasteiger partial charge on any atom is -0.457 e. The van der Waals surface area contributed by atoms with Crippen LogP contribution in [0.25, 0.3) is 10.8 Å². The number of fused-ring (bicyclic) bond motifs is 1. The molecule has 0 aliphatic carbocycles. The van der Waals surface area contributed by atoms with Crippen LogP contribution in [0.1, 0.15) is 10.4 Å². The molecule has 1 N–H and O–H groups in total. The van der Waals surface area contributed by atoms with Crippen LogP contribution in [0.3, 0.4) is 0 Å². The summed E-state index contributed by atoms with van der Waals surface area (Å²) in [5, 5.41) is 4.84. The van der Waals surface area contributed by atoms with E-state index in [2.05, 4.69) is 5.32 Å². The van der Waals surface area contributed by atoms with E-state index in [1.54, 1.807) is 24.3 Å². The Kier molecular flexibility index (Phi) is 5.71. The molecule has 0 aliphatic rings. The minimum atomic E-state index is -0.574. The highest BCUT2D eigenvalue weighted by atomic mass is 16.5. The van der Waals surface area contributed by atoms with Gasteiger partial charge in [-0.1, -0.05) is 48.5 Å². The number of benzene rings is 4. The Bertz CT molecular complexity index is 1170. The molecule has 0 unspecified atom stereocenters. The Morgan fingerprint density at radius 2 is 1.37 bits per heavy atom. The zero-order valence-corrected chi connectivity index (χ0v) is 16.1. The SMILES string of the molecule is O=C(COC(=O)c1ccc(Oc2ccccc2)cc1)Nc1ccc2ccccc2c1. The van der Waals surface area contributed by atoms with Crippen molar-refractivity contribution in [3.63, 3.8) is 0 Å². The van der Waals surface area contributed by atoms with Crippen LogP contribution in [0, 0.1) is 0 Å². The molecular formula is C25H19NO4. The van der Waals surface area contributed by atoms with Crippen LogP contribution in [-0.4, -0.2) is 18.5 Å². The van der Waals surface area contributed by atoms with Crippen molar-refractivity contribution < 1.29 is 19.1 Å². The highest BCUT2D eigenvalue weighted by molar-refractivity contribution is 5.97. The summed E-state index contributed by atoms with van der Waals surface area (Å²) in [6, 6.07) is 29.4. The fraction of sp³-hybridized carbons (Fsp3) is 0.0400. The number of anilines is 1. The lowest BCUT2D eigenvalue weighted by molar-refractivity contribution is -0.119. The zero-order chi connectivity index (χ0) is 20.8. The van der Waals surface area contributed by atoms with Gasteiger partial charge in [0.2, 0.25) is 0 Å². The summed E-state index contributed by atoms with van der Waals surface area (Å²) in [4.78, 5) is 24.3. The molecule has 0 atom stereocenters. The first-order chi connectivity index (χ1) is 14.7. The Labute approximate surface area is 173 Å². The van der Waals surface area contributed by atoms with Crippen LogP contribution >= 0.6 is 0 Å². The minimum absolute atomic E-state index is 0.342. The van der Waals surface area contributed by atoms with Gasteiger partial charge >= 0.3 is 5.97 Å². The second-order valence-electron chi connectivity index (χ2n) is 6.63. The van der Waals surface area contributed by atoms with Crippen molar-refractivity contribution in [1.82, 2.24) is 0 Å². The van der Waals surface area contributed by atoms with Crippen LogP contribution in [0.5, 0.6) is 11.5 Å². The molecule has 0 saturated carbocycles. The predicted octanol–water partition coefficient (Wildman–Crippen LogP) is 5.43. The van der Waals surface area contributed by atoms with Crippen LogP contribution in [0.2, 0.25) is 0 Å². The maximum absolute atomic E-state index is 12.2. The number of rotatable bonds is 6. The number of nitrogens with one attached hydrogen (secondary N) is 1. The monoisotopic (exact) mass is 397 g/mol. The molecule has 4 aromatic carbocycles. The van der Waals surface area contributed by atoms with Crippen molar-refractivity contribution in [2.75, 3.05) is 11.9 Å². The molecule has 0 aliphatic heterocycles. The highest BCUT2D eigenvalue weighted by Crippen LogP contribution is 2.21. The second-order valence-corrected chi connectivity index (χ2v) is 6.63. The van der Waals surface area contributed by atoms with Gasteiger partial charge in [-0.3, -0.25) is 4.79 Å². The van der Waals surface area contributed by atoms with Crippen molar-refractivity contribution in [3.05, 3.63) is 103 Å². The average Bonchev–Trinajstić information content (AvgIpc) is 2.78. The number of hydrogen-bond donors (Lipinski definition) is 1. The maximum Gasteiger partial charge on any atom is 0.338 e. The highest BCUT2D eigenvalue weighted by Gasteiger charge is 2.11. The van der Waals surface area contributed by atoms with Crippen molar-refractivity contribution in [2.45, 2.75) is 0 Å². The van der Waals surface area contributed by atoms with Gasteiger partial charge in [0.1, 0.15) is 11.5 Å². The Morgan fingerprint density at radius 1 is 0.700 bits per heavy atom. The standard InChI is InChI=1S/C25H19NO4/c27-24(26-21-13-10-18-6-4-5-7-20(18)16-21)17-29-25(28)19-11-14-23(15-12-19)30-22-8-2-1-3-9-22/h1-16H,17H2,(H,26,27). The third kappa shape index (κ3) is 4.83. The average molecular weight is 397 g/mol. The van der Waals surface area contributed by atoms with Gasteiger partial charge in [0, 0.05) is 5.69 Å². The number of amides is 1. The van der Waals surface area contributed by atoms with Gasteiger partial charge in [-0.05, 0) is 59.3 Å². The molecule has 0 spiro atoms.